The zero-order valence-electron chi connectivity index (χ0n) is 10.7. The van der Waals surface area contributed by atoms with Gasteiger partial charge in [0.25, 0.3) is 0 Å². The molecular formula is C13H22N2OS. The van der Waals surface area contributed by atoms with Gasteiger partial charge >= 0.3 is 0 Å². The highest BCUT2D eigenvalue weighted by Gasteiger charge is 2.25. The predicted octanol–water partition coefficient (Wildman–Crippen LogP) is 2.66. The van der Waals surface area contributed by atoms with E-state index < -0.39 is 0 Å². The van der Waals surface area contributed by atoms with E-state index in [4.69, 9.17) is 15.5 Å². The van der Waals surface area contributed by atoms with Gasteiger partial charge in [0.15, 0.2) is 0 Å². The summed E-state index contributed by atoms with van der Waals surface area (Å²) < 4.78 is 5.39. The van der Waals surface area contributed by atoms with Gasteiger partial charge in [-0.3, -0.25) is 0 Å². The minimum atomic E-state index is 0.114. The molecule has 3 nitrogen and oxygen atoms in total. The highest BCUT2D eigenvalue weighted by Crippen LogP contribution is 2.33. The van der Waals surface area contributed by atoms with Gasteiger partial charge in [-0.05, 0) is 25.8 Å². The Hall–Kier alpha value is -0.450. The largest absolute Gasteiger partial charge is 0.381 e. The lowest BCUT2D eigenvalue weighted by Gasteiger charge is -2.22. The summed E-state index contributed by atoms with van der Waals surface area (Å²) in [5, 5.41) is 3.45. The van der Waals surface area contributed by atoms with Crippen LogP contribution in [-0.2, 0) is 10.2 Å². The molecule has 0 unspecified atom stereocenters. The molecule has 0 atom stereocenters. The molecule has 1 saturated heterocycles. The van der Waals surface area contributed by atoms with Crippen molar-refractivity contribution >= 4 is 11.3 Å². The molecule has 0 aliphatic carbocycles. The highest BCUT2D eigenvalue weighted by molar-refractivity contribution is 7.09. The Balaban J connectivity index is 2.09. The second-order valence-electron chi connectivity index (χ2n) is 5.39. The average molecular weight is 254 g/mol. The van der Waals surface area contributed by atoms with Gasteiger partial charge < -0.3 is 10.5 Å². The van der Waals surface area contributed by atoms with Crippen LogP contribution in [-0.4, -0.2) is 24.7 Å². The fourth-order valence-corrected chi connectivity index (χ4v) is 3.30. The molecule has 4 heteroatoms. The molecule has 1 aliphatic heterocycles. The van der Waals surface area contributed by atoms with Gasteiger partial charge in [0.2, 0.25) is 0 Å². The second kappa shape index (κ2) is 5.46. The van der Waals surface area contributed by atoms with Crippen LogP contribution in [0, 0.1) is 0 Å². The van der Waals surface area contributed by atoms with Gasteiger partial charge in [-0.15, -0.1) is 11.3 Å². The summed E-state index contributed by atoms with van der Waals surface area (Å²) in [6.07, 6.45) is 3.22. The lowest BCUT2D eigenvalue weighted by atomic mass is 9.90. The molecule has 0 saturated carbocycles. The first-order valence-electron chi connectivity index (χ1n) is 6.37. The standard InChI is InChI=1S/C13H22N2OS/c1-13(2,5-6-14)12-15-11(9-17-12)10-3-7-16-8-4-10/h9-10H,3-8,14H2,1-2H3. The van der Waals surface area contributed by atoms with Crippen molar-refractivity contribution in [2.75, 3.05) is 19.8 Å². The van der Waals surface area contributed by atoms with E-state index in [1.807, 2.05) is 0 Å². The normalized spacial score (nSPS) is 18.5. The third-order valence-corrected chi connectivity index (χ3v) is 4.74. The summed E-state index contributed by atoms with van der Waals surface area (Å²) >= 11 is 1.78. The molecule has 2 heterocycles. The number of nitrogens with zero attached hydrogens (tertiary/aromatic N) is 1. The lowest BCUT2D eigenvalue weighted by molar-refractivity contribution is 0.0845. The van der Waals surface area contributed by atoms with Gasteiger partial charge in [-0.1, -0.05) is 13.8 Å². The summed E-state index contributed by atoms with van der Waals surface area (Å²) in [5.74, 6) is 0.599. The molecule has 2 rings (SSSR count). The van der Waals surface area contributed by atoms with E-state index in [9.17, 15) is 0 Å². The van der Waals surface area contributed by atoms with Gasteiger partial charge in [0.05, 0.1) is 10.7 Å². The summed E-state index contributed by atoms with van der Waals surface area (Å²) in [4.78, 5) is 4.83. The van der Waals surface area contributed by atoms with Crippen molar-refractivity contribution in [3.05, 3.63) is 16.1 Å². The summed E-state index contributed by atoms with van der Waals surface area (Å²) in [6, 6.07) is 0. The van der Waals surface area contributed by atoms with Crippen LogP contribution >= 0.6 is 11.3 Å². The summed E-state index contributed by atoms with van der Waals surface area (Å²) in [7, 11) is 0. The maximum atomic E-state index is 5.66. The van der Waals surface area contributed by atoms with Crippen LogP contribution in [0.5, 0.6) is 0 Å². The summed E-state index contributed by atoms with van der Waals surface area (Å²) in [5.41, 5.74) is 7.04. The molecule has 1 aromatic rings. The van der Waals surface area contributed by atoms with E-state index in [-0.39, 0.29) is 5.41 Å². The third kappa shape index (κ3) is 3.06. The fraction of sp³-hybridized carbons (Fsp3) is 0.769. The minimum Gasteiger partial charge on any atom is -0.381 e. The molecule has 96 valence electrons. The number of ether oxygens (including phenoxy) is 1. The molecule has 0 radical (unpaired) electrons. The predicted molar refractivity (Wildman–Crippen MR) is 71.6 cm³/mol. The first kappa shape index (κ1) is 13.0. The molecule has 2 N–H and O–H groups in total. The van der Waals surface area contributed by atoms with Crippen molar-refractivity contribution in [2.45, 2.75) is 44.4 Å². The second-order valence-corrected chi connectivity index (χ2v) is 6.24. The van der Waals surface area contributed by atoms with E-state index in [1.165, 1.54) is 10.7 Å². The molecule has 1 aromatic heterocycles. The first-order chi connectivity index (χ1) is 8.13. The van der Waals surface area contributed by atoms with E-state index in [2.05, 4.69) is 19.2 Å². The number of hydrogen-bond acceptors (Lipinski definition) is 4. The summed E-state index contributed by atoms with van der Waals surface area (Å²) in [6.45, 7) is 6.94. The van der Waals surface area contributed by atoms with Crippen molar-refractivity contribution in [3.63, 3.8) is 0 Å². The average Bonchev–Trinajstić information content (AvgIpc) is 2.80. The zero-order valence-corrected chi connectivity index (χ0v) is 11.6. The number of aromatic nitrogens is 1. The van der Waals surface area contributed by atoms with Gasteiger partial charge in [-0.25, -0.2) is 4.98 Å². The topological polar surface area (TPSA) is 48.1 Å². The van der Waals surface area contributed by atoms with Crippen LogP contribution in [0.1, 0.15) is 49.7 Å². The minimum absolute atomic E-state index is 0.114. The smallest absolute Gasteiger partial charge is 0.0985 e. The van der Waals surface area contributed by atoms with Crippen LogP contribution in [0.3, 0.4) is 0 Å². The van der Waals surface area contributed by atoms with Crippen molar-refractivity contribution in [2.24, 2.45) is 5.73 Å². The first-order valence-corrected chi connectivity index (χ1v) is 7.25. The maximum Gasteiger partial charge on any atom is 0.0985 e. The Bertz CT molecular complexity index is 356. The molecule has 1 fully saturated rings. The molecular weight excluding hydrogens is 232 g/mol. The van der Waals surface area contributed by atoms with Crippen LogP contribution in [0.2, 0.25) is 0 Å². The molecule has 0 aromatic carbocycles. The fourth-order valence-electron chi connectivity index (χ4n) is 2.25. The monoisotopic (exact) mass is 254 g/mol. The van der Waals surface area contributed by atoms with Crippen molar-refractivity contribution in [1.82, 2.24) is 4.98 Å². The number of hydrogen-bond donors (Lipinski definition) is 1. The Morgan fingerprint density at radius 1 is 1.47 bits per heavy atom. The van der Waals surface area contributed by atoms with E-state index >= 15 is 0 Å². The Kier molecular flexibility index (Phi) is 4.17. The Labute approximate surface area is 107 Å². The molecule has 0 amide bonds. The van der Waals surface area contributed by atoms with Crippen LogP contribution < -0.4 is 5.73 Å². The quantitative estimate of drug-likeness (QED) is 0.898. The molecule has 17 heavy (non-hydrogen) atoms. The van der Waals surface area contributed by atoms with E-state index in [0.29, 0.717) is 5.92 Å². The maximum absolute atomic E-state index is 5.66. The van der Waals surface area contributed by atoms with Gasteiger partial charge in [0, 0.05) is 29.9 Å². The van der Waals surface area contributed by atoms with Crippen molar-refractivity contribution in [1.29, 1.82) is 0 Å². The van der Waals surface area contributed by atoms with Crippen LogP contribution in [0.25, 0.3) is 0 Å². The zero-order chi connectivity index (χ0) is 12.3. The van der Waals surface area contributed by atoms with Gasteiger partial charge in [0.1, 0.15) is 0 Å². The van der Waals surface area contributed by atoms with Crippen molar-refractivity contribution < 1.29 is 4.74 Å². The molecule has 1 aliphatic rings. The highest BCUT2D eigenvalue weighted by atomic mass is 32.1. The molecule has 0 spiro atoms. The third-order valence-electron chi connectivity index (χ3n) is 3.51. The molecule has 0 bridgehead atoms. The SMILES string of the molecule is CC(C)(CCN)c1nc(C2CCOCC2)cs1. The lowest BCUT2D eigenvalue weighted by Crippen LogP contribution is -2.22. The van der Waals surface area contributed by atoms with Gasteiger partial charge in [-0.2, -0.15) is 0 Å². The van der Waals surface area contributed by atoms with E-state index in [0.717, 1.165) is 39.0 Å². The Morgan fingerprint density at radius 3 is 2.82 bits per heavy atom. The number of nitrogens with two attached hydrogens (primary N) is 1. The van der Waals surface area contributed by atoms with E-state index in [1.54, 1.807) is 11.3 Å². The number of rotatable bonds is 4. The van der Waals surface area contributed by atoms with Crippen LogP contribution in [0.15, 0.2) is 5.38 Å². The number of thiazole rings is 1. The Morgan fingerprint density at radius 2 is 2.18 bits per heavy atom. The van der Waals surface area contributed by atoms with Crippen LogP contribution in [0.4, 0.5) is 0 Å². The van der Waals surface area contributed by atoms with Crippen molar-refractivity contribution in [3.8, 4) is 0 Å².